The lowest BCUT2D eigenvalue weighted by Crippen LogP contribution is -2.40. The SMILES string of the molecule is CN(C)C/C=C/C(=O)Nc1ccc(C(=O)N2CCC[C@@H](Cc3nccc(-c4c(-c5ccccc5)nn5ccccc45)n3)C2)cc1. The van der Waals surface area contributed by atoms with Crippen molar-refractivity contribution in [1.29, 1.82) is 0 Å². The van der Waals surface area contributed by atoms with Crippen LogP contribution in [0, 0.1) is 5.92 Å². The van der Waals surface area contributed by atoms with Crippen LogP contribution in [0.4, 0.5) is 5.69 Å². The molecule has 6 rings (SSSR count). The highest BCUT2D eigenvalue weighted by molar-refractivity contribution is 6.00. The number of piperidine rings is 1. The lowest BCUT2D eigenvalue weighted by Gasteiger charge is -2.32. The lowest BCUT2D eigenvalue weighted by atomic mass is 9.93. The Balaban J connectivity index is 1.14. The van der Waals surface area contributed by atoms with Gasteiger partial charge in [-0.25, -0.2) is 14.5 Å². The number of rotatable bonds is 9. The number of carbonyl (C=O) groups excluding carboxylic acids is 2. The minimum Gasteiger partial charge on any atom is -0.338 e. The van der Waals surface area contributed by atoms with Gasteiger partial charge in [0.05, 0.1) is 16.8 Å². The van der Waals surface area contributed by atoms with Crippen molar-refractivity contribution in [1.82, 2.24) is 29.4 Å². The molecule has 4 heterocycles. The number of amides is 2. The van der Waals surface area contributed by atoms with Crippen LogP contribution in [0.1, 0.15) is 29.0 Å². The predicted octanol–water partition coefficient (Wildman–Crippen LogP) is 5.61. The molecule has 1 aliphatic heterocycles. The predicted molar refractivity (Wildman–Crippen MR) is 177 cm³/mol. The number of carbonyl (C=O) groups is 2. The standard InChI is InChI=1S/C36H37N7O2/c1-41(2)21-9-14-33(44)38-29-17-15-28(16-18-29)36(45)42-22-8-10-26(25-42)24-32-37-20-19-30(39-32)34-31-13-6-7-23-43(31)40-35(34)27-11-4-3-5-12-27/h3-7,9,11-20,23,26H,8,10,21-22,24-25H2,1-2H3,(H,38,44)/b14-9+/t26-/m0/s1. The first kappa shape index (κ1) is 29.9. The molecule has 2 aromatic carbocycles. The number of pyridine rings is 1. The number of likely N-dealkylation sites (tertiary alicyclic amines) is 1. The zero-order valence-corrected chi connectivity index (χ0v) is 25.6. The summed E-state index contributed by atoms with van der Waals surface area (Å²) < 4.78 is 1.90. The summed E-state index contributed by atoms with van der Waals surface area (Å²) in [6.07, 6.45) is 9.73. The fraction of sp³-hybridized carbons (Fsp3) is 0.250. The van der Waals surface area contributed by atoms with E-state index in [9.17, 15) is 9.59 Å². The second-order valence-electron chi connectivity index (χ2n) is 11.7. The Morgan fingerprint density at radius 3 is 2.60 bits per heavy atom. The largest absolute Gasteiger partial charge is 0.338 e. The maximum Gasteiger partial charge on any atom is 0.253 e. The fourth-order valence-corrected chi connectivity index (χ4v) is 5.79. The van der Waals surface area contributed by atoms with E-state index < -0.39 is 0 Å². The van der Waals surface area contributed by atoms with Gasteiger partial charge in [0, 0.05) is 61.3 Å². The second kappa shape index (κ2) is 13.7. The van der Waals surface area contributed by atoms with Crippen molar-refractivity contribution in [3.63, 3.8) is 0 Å². The molecule has 1 aliphatic rings. The number of hydrogen-bond acceptors (Lipinski definition) is 6. The van der Waals surface area contributed by atoms with Crippen LogP contribution in [0.2, 0.25) is 0 Å². The highest BCUT2D eigenvalue weighted by atomic mass is 16.2. The average Bonchev–Trinajstić information content (AvgIpc) is 3.45. The summed E-state index contributed by atoms with van der Waals surface area (Å²) in [7, 11) is 3.89. The Labute approximate surface area is 263 Å². The smallest absolute Gasteiger partial charge is 0.253 e. The molecule has 0 radical (unpaired) electrons. The van der Waals surface area contributed by atoms with Crippen LogP contribution in [0.5, 0.6) is 0 Å². The first-order valence-electron chi connectivity index (χ1n) is 15.3. The number of benzene rings is 2. The Bertz CT molecular complexity index is 1810. The Morgan fingerprint density at radius 1 is 1.00 bits per heavy atom. The zero-order chi connectivity index (χ0) is 31.2. The van der Waals surface area contributed by atoms with Crippen molar-refractivity contribution >= 4 is 23.0 Å². The van der Waals surface area contributed by atoms with E-state index in [2.05, 4.69) is 28.5 Å². The third-order valence-electron chi connectivity index (χ3n) is 7.97. The van der Waals surface area contributed by atoms with E-state index in [1.807, 2.05) is 83.3 Å². The number of likely N-dealkylation sites (N-methyl/N-ethyl adjacent to an activating group) is 1. The molecule has 9 heteroatoms. The maximum absolute atomic E-state index is 13.4. The van der Waals surface area contributed by atoms with Crippen LogP contribution in [-0.4, -0.2) is 74.9 Å². The molecule has 0 saturated carbocycles. The fourth-order valence-electron chi connectivity index (χ4n) is 5.79. The number of aromatic nitrogens is 4. The van der Waals surface area contributed by atoms with Gasteiger partial charge in [0.1, 0.15) is 11.5 Å². The molecule has 0 unspecified atom stereocenters. The summed E-state index contributed by atoms with van der Waals surface area (Å²) in [4.78, 5) is 39.1. The number of nitrogens with zero attached hydrogens (tertiary/aromatic N) is 6. The summed E-state index contributed by atoms with van der Waals surface area (Å²) >= 11 is 0. The molecule has 2 amide bonds. The molecular weight excluding hydrogens is 562 g/mol. The van der Waals surface area contributed by atoms with Crippen LogP contribution in [0.25, 0.3) is 28.0 Å². The summed E-state index contributed by atoms with van der Waals surface area (Å²) in [5.41, 5.74) is 5.98. The van der Waals surface area contributed by atoms with E-state index in [1.165, 1.54) is 6.08 Å². The Morgan fingerprint density at radius 2 is 1.80 bits per heavy atom. The van der Waals surface area contributed by atoms with Crippen molar-refractivity contribution in [3.05, 3.63) is 115 Å². The van der Waals surface area contributed by atoms with Gasteiger partial charge in [0.15, 0.2) is 0 Å². The van der Waals surface area contributed by atoms with Gasteiger partial charge >= 0.3 is 0 Å². The van der Waals surface area contributed by atoms with Gasteiger partial charge in [-0.2, -0.15) is 5.10 Å². The molecule has 45 heavy (non-hydrogen) atoms. The normalized spacial score (nSPS) is 15.2. The summed E-state index contributed by atoms with van der Waals surface area (Å²) in [6, 6.07) is 25.3. The third-order valence-corrected chi connectivity index (χ3v) is 7.97. The lowest BCUT2D eigenvalue weighted by molar-refractivity contribution is -0.111. The Kier molecular flexibility index (Phi) is 9.07. The minimum atomic E-state index is -0.195. The highest BCUT2D eigenvalue weighted by Gasteiger charge is 2.26. The highest BCUT2D eigenvalue weighted by Crippen LogP contribution is 2.34. The average molecular weight is 600 g/mol. The molecule has 1 saturated heterocycles. The monoisotopic (exact) mass is 599 g/mol. The summed E-state index contributed by atoms with van der Waals surface area (Å²) in [5, 5.41) is 7.73. The third kappa shape index (κ3) is 7.16. The van der Waals surface area contributed by atoms with E-state index in [0.29, 0.717) is 37.3 Å². The molecule has 5 aromatic rings. The van der Waals surface area contributed by atoms with Crippen molar-refractivity contribution in [2.75, 3.05) is 39.0 Å². The molecule has 228 valence electrons. The van der Waals surface area contributed by atoms with Gasteiger partial charge in [-0.05, 0) is 75.3 Å². The van der Waals surface area contributed by atoms with Crippen molar-refractivity contribution in [2.45, 2.75) is 19.3 Å². The number of fused-ring (bicyclic) bond motifs is 1. The van der Waals surface area contributed by atoms with E-state index in [-0.39, 0.29) is 17.7 Å². The van der Waals surface area contributed by atoms with Gasteiger partial charge in [0.25, 0.3) is 5.91 Å². The Hall–Kier alpha value is -5.15. The van der Waals surface area contributed by atoms with Crippen LogP contribution in [-0.2, 0) is 11.2 Å². The van der Waals surface area contributed by atoms with Crippen molar-refractivity contribution in [2.24, 2.45) is 5.92 Å². The molecule has 0 spiro atoms. The number of hydrogen-bond donors (Lipinski definition) is 1. The number of anilines is 1. The summed E-state index contributed by atoms with van der Waals surface area (Å²) in [6.45, 7) is 2.05. The van der Waals surface area contributed by atoms with Crippen LogP contribution in [0.15, 0.2) is 103 Å². The van der Waals surface area contributed by atoms with Crippen LogP contribution >= 0.6 is 0 Å². The molecule has 3 aromatic heterocycles. The minimum absolute atomic E-state index is 0.00279. The van der Waals surface area contributed by atoms with E-state index in [4.69, 9.17) is 10.1 Å². The molecule has 1 fully saturated rings. The number of nitrogens with one attached hydrogen (secondary N) is 1. The molecule has 1 N–H and O–H groups in total. The van der Waals surface area contributed by atoms with E-state index in [1.54, 1.807) is 24.3 Å². The first-order chi connectivity index (χ1) is 21.9. The van der Waals surface area contributed by atoms with Gasteiger partial charge in [-0.15, -0.1) is 0 Å². The van der Waals surface area contributed by atoms with Gasteiger partial charge in [0.2, 0.25) is 5.91 Å². The molecule has 9 nitrogen and oxygen atoms in total. The van der Waals surface area contributed by atoms with Crippen molar-refractivity contribution in [3.8, 4) is 22.5 Å². The molecule has 0 aliphatic carbocycles. The van der Waals surface area contributed by atoms with Crippen LogP contribution < -0.4 is 5.32 Å². The van der Waals surface area contributed by atoms with E-state index in [0.717, 1.165) is 46.7 Å². The molecule has 0 bridgehead atoms. The van der Waals surface area contributed by atoms with Gasteiger partial charge in [-0.1, -0.05) is 42.5 Å². The topological polar surface area (TPSA) is 95.7 Å². The first-order valence-corrected chi connectivity index (χ1v) is 15.3. The molecular formula is C36H37N7O2. The van der Waals surface area contributed by atoms with Gasteiger partial charge < -0.3 is 15.1 Å². The summed E-state index contributed by atoms with van der Waals surface area (Å²) in [5.74, 6) is 0.819. The molecule has 1 atom stereocenters. The second-order valence-corrected chi connectivity index (χ2v) is 11.7. The quantitative estimate of drug-likeness (QED) is 0.221. The van der Waals surface area contributed by atoms with Gasteiger partial charge in [-0.3, -0.25) is 9.59 Å². The van der Waals surface area contributed by atoms with Crippen molar-refractivity contribution < 1.29 is 9.59 Å². The van der Waals surface area contributed by atoms with E-state index >= 15 is 0 Å². The zero-order valence-electron chi connectivity index (χ0n) is 25.6. The van der Waals surface area contributed by atoms with Crippen LogP contribution in [0.3, 0.4) is 0 Å². The maximum atomic E-state index is 13.4.